The van der Waals surface area contributed by atoms with Crippen molar-refractivity contribution in [2.24, 2.45) is 5.92 Å². The van der Waals surface area contributed by atoms with Crippen LogP contribution in [-0.2, 0) is 10.0 Å². The number of hydrogen-bond donors (Lipinski definition) is 1. The van der Waals surface area contributed by atoms with Gasteiger partial charge in [0.05, 0.1) is 5.02 Å². The molecule has 25 heavy (non-hydrogen) atoms. The summed E-state index contributed by atoms with van der Waals surface area (Å²) >= 11 is 6.22. The Bertz CT molecular complexity index is 680. The van der Waals surface area contributed by atoms with Gasteiger partial charge in [0.25, 0.3) is 0 Å². The second-order valence-corrected chi connectivity index (χ2v) is 9.60. The SMILES string of the molecule is CC(C)c1ccc(Cl)c(S(=O)(=O)N2CCC(C3CCCN3)CC2)c1.Cl. The minimum absolute atomic E-state index is 0. The molecule has 4 nitrogen and oxygen atoms in total. The lowest BCUT2D eigenvalue weighted by atomic mass is 9.89. The molecule has 142 valence electrons. The molecule has 0 aromatic heterocycles. The quantitative estimate of drug-likeness (QED) is 0.820. The number of piperidine rings is 1. The van der Waals surface area contributed by atoms with Crippen LogP contribution in [0.3, 0.4) is 0 Å². The summed E-state index contributed by atoms with van der Waals surface area (Å²) in [6.07, 6.45) is 4.32. The number of nitrogens with zero attached hydrogens (tertiary/aromatic N) is 1. The highest BCUT2D eigenvalue weighted by atomic mass is 35.5. The number of rotatable bonds is 4. The summed E-state index contributed by atoms with van der Waals surface area (Å²) in [5, 5.41) is 3.87. The fraction of sp³-hybridized carbons (Fsp3) is 0.667. The Kier molecular flexibility index (Phi) is 7.19. The first-order valence-corrected chi connectivity index (χ1v) is 10.7. The number of halogens is 2. The summed E-state index contributed by atoms with van der Waals surface area (Å²) in [6.45, 7) is 6.39. The maximum atomic E-state index is 13.0. The minimum Gasteiger partial charge on any atom is -0.314 e. The first-order chi connectivity index (χ1) is 11.4. The van der Waals surface area contributed by atoms with E-state index in [9.17, 15) is 8.42 Å². The molecule has 1 N–H and O–H groups in total. The van der Waals surface area contributed by atoms with Crippen molar-refractivity contribution in [3.8, 4) is 0 Å². The summed E-state index contributed by atoms with van der Waals surface area (Å²) in [5.74, 6) is 0.867. The van der Waals surface area contributed by atoms with Crippen molar-refractivity contribution < 1.29 is 8.42 Å². The Hall–Kier alpha value is -0.330. The third kappa shape index (κ3) is 4.51. The van der Waals surface area contributed by atoms with Crippen molar-refractivity contribution in [2.45, 2.75) is 56.4 Å². The van der Waals surface area contributed by atoms with Gasteiger partial charge < -0.3 is 5.32 Å². The first-order valence-electron chi connectivity index (χ1n) is 8.92. The molecule has 2 aliphatic rings. The van der Waals surface area contributed by atoms with Crippen molar-refractivity contribution in [1.29, 1.82) is 0 Å². The van der Waals surface area contributed by atoms with Crippen LogP contribution in [-0.4, -0.2) is 38.4 Å². The van der Waals surface area contributed by atoms with Gasteiger partial charge in [0.2, 0.25) is 10.0 Å². The molecule has 7 heteroatoms. The van der Waals surface area contributed by atoms with E-state index < -0.39 is 10.0 Å². The maximum absolute atomic E-state index is 13.0. The Morgan fingerprint density at radius 1 is 1.20 bits per heavy atom. The smallest absolute Gasteiger partial charge is 0.244 e. The second kappa shape index (κ2) is 8.57. The molecule has 2 heterocycles. The van der Waals surface area contributed by atoms with Crippen LogP contribution in [0.4, 0.5) is 0 Å². The van der Waals surface area contributed by atoms with E-state index in [0.29, 0.717) is 30.1 Å². The molecule has 2 saturated heterocycles. The topological polar surface area (TPSA) is 49.4 Å². The molecule has 3 rings (SSSR count). The van der Waals surface area contributed by atoms with E-state index in [-0.39, 0.29) is 23.2 Å². The highest BCUT2D eigenvalue weighted by molar-refractivity contribution is 7.89. The Morgan fingerprint density at radius 2 is 1.88 bits per heavy atom. The van der Waals surface area contributed by atoms with E-state index in [1.165, 1.54) is 12.8 Å². The summed E-state index contributed by atoms with van der Waals surface area (Å²) in [5.41, 5.74) is 1.00. The summed E-state index contributed by atoms with van der Waals surface area (Å²) < 4.78 is 27.7. The molecule has 0 aliphatic carbocycles. The molecule has 0 amide bonds. The number of benzene rings is 1. The van der Waals surface area contributed by atoms with Gasteiger partial charge in [-0.1, -0.05) is 31.5 Å². The number of sulfonamides is 1. The molecule has 1 aromatic carbocycles. The van der Waals surface area contributed by atoms with Gasteiger partial charge in [-0.15, -0.1) is 12.4 Å². The molecule has 0 bridgehead atoms. The van der Waals surface area contributed by atoms with E-state index in [1.807, 2.05) is 6.07 Å². The molecule has 1 aromatic rings. The highest BCUT2D eigenvalue weighted by Gasteiger charge is 2.34. The molecule has 0 radical (unpaired) electrons. The molecular formula is C18H28Cl2N2O2S. The largest absolute Gasteiger partial charge is 0.314 e. The van der Waals surface area contributed by atoms with Gasteiger partial charge in [-0.25, -0.2) is 8.42 Å². The third-order valence-corrected chi connectivity index (χ3v) is 7.79. The van der Waals surface area contributed by atoms with E-state index in [2.05, 4.69) is 19.2 Å². The summed E-state index contributed by atoms with van der Waals surface area (Å²) in [4.78, 5) is 0.257. The van der Waals surface area contributed by atoms with E-state index in [0.717, 1.165) is 24.9 Å². The fourth-order valence-corrected chi connectivity index (χ4v) is 5.83. The van der Waals surface area contributed by atoms with Gasteiger partial charge in [0.15, 0.2) is 0 Å². The third-order valence-electron chi connectivity index (χ3n) is 5.41. The molecule has 0 spiro atoms. The molecule has 1 unspecified atom stereocenters. The zero-order valence-electron chi connectivity index (χ0n) is 14.9. The van der Waals surface area contributed by atoms with Gasteiger partial charge in [0, 0.05) is 19.1 Å². The Labute approximate surface area is 162 Å². The van der Waals surface area contributed by atoms with E-state index in [1.54, 1.807) is 16.4 Å². The van der Waals surface area contributed by atoms with Crippen LogP contribution >= 0.6 is 24.0 Å². The fourth-order valence-electron chi connectivity index (χ4n) is 3.85. The van der Waals surface area contributed by atoms with Crippen molar-refractivity contribution in [3.05, 3.63) is 28.8 Å². The van der Waals surface area contributed by atoms with Gasteiger partial charge in [-0.3, -0.25) is 0 Å². The Balaban J connectivity index is 0.00000225. The number of nitrogens with one attached hydrogen (secondary N) is 1. The van der Waals surface area contributed by atoms with Crippen LogP contribution < -0.4 is 5.32 Å². The van der Waals surface area contributed by atoms with Gasteiger partial charge in [-0.05, 0) is 61.8 Å². The predicted molar refractivity (Wildman–Crippen MR) is 105 cm³/mol. The van der Waals surface area contributed by atoms with Crippen LogP contribution in [0.25, 0.3) is 0 Å². The van der Waals surface area contributed by atoms with Crippen LogP contribution in [0.2, 0.25) is 5.02 Å². The molecule has 0 saturated carbocycles. The average molecular weight is 407 g/mol. The normalized spacial score (nSPS) is 23.0. The van der Waals surface area contributed by atoms with Gasteiger partial charge in [-0.2, -0.15) is 4.31 Å². The Morgan fingerprint density at radius 3 is 2.44 bits per heavy atom. The van der Waals surface area contributed by atoms with E-state index in [4.69, 9.17) is 11.6 Å². The monoisotopic (exact) mass is 406 g/mol. The van der Waals surface area contributed by atoms with Gasteiger partial charge in [0.1, 0.15) is 4.90 Å². The van der Waals surface area contributed by atoms with Crippen LogP contribution in [0.1, 0.15) is 51.0 Å². The predicted octanol–water partition coefficient (Wildman–Crippen LogP) is 4.04. The molecule has 1 atom stereocenters. The lowest BCUT2D eigenvalue weighted by Crippen LogP contribution is -2.43. The van der Waals surface area contributed by atoms with E-state index >= 15 is 0 Å². The van der Waals surface area contributed by atoms with Crippen LogP contribution in [0.15, 0.2) is 23.1 Å². The molecule has 2 fully saturated rings. The maximum Gasteiger partial charge on any atom is 0.244 e. The number of hydrogen-bond acceptors (Lipinski definition) is 3. The summed E-state index contributed by atoms with van der Waals surface area (Å²) in [7, 11) is -3.51. The first kappa shape index (κ1) is 21.0. The lowest BCUT2D eigenvalue weighted by Gasteiger charge is -2.34. The average Bonchev–Trinajstić information content (AvgIpc) is 3.09. The zero-order valence-corrected chi connectivity index (χ0v) is 17.3. The van der Waals surface area contributed by atoms with Gasteiger partial charge >= 0.3 is 0 Å². The second-order valence-electron chi connectivity index (χ2n) is 7.29. The standard InChI is InChI=1S/C18H27ClN2O2S.ClH/c1-13(2)15-5-6-16(19)18(12-15)24(22,23)21-10-7-14(8-11-21)17-4-3-9-20-17;/h5-6,12-14,17,20H,3-4,7-11H2,1-2H3;1H. The van der Waals surface area contributed by atoms with Crippen molar-refractivity contribution in [1.82, 2.24) is 9.62 Å². The van der Waals surface area contributed by atoms with Crippen LogP contribution in [0, 0.1) is 5.92 Å². The lowest BCUT2D eigenvalue weighted by molar-refractivity contribution is 0.234. The summed E-state index contributed by atoms with van der Waals surface area (Å²) in [6, 6.07) is 5.93. The minimum atomic E-state index is -3.51. The van der Waals surface area contributed by atoms with Crippen molar-refractivity contribution in [3.63, 3.8) is 0 Å². The molecule has 2 aliphatic heterocycles. The zero-order chi connectivity index (χ0) is 17.3. The van der Waals surface area contributed by atoms with Crippen molar-refractivity contribution >= 4 is 34.0 Å². The highest BCUT2D eigenvalue weighted by Crippen LogP contribution is 2.32. The molecular weight excluding hydrogens is 379 g/mol. The van der Waals surface area contributed by atoms with Crippen molar-refractivity contribution in [2.75, 3.05) is 19.6 Å². The van der Waals surface area contributed by atoms with Crippen LogP contribution in [0.5, 0.6) is 0 Å².